The molecule has 0 saturated carbocycles. The molecule has 0 aliphatic rings. The molecule has 0 unspecified atom stereocenters. The zero-order valence-electron chi connectivity index (χ0n) is 9.57. The molecule has 0 saturated heterocycles. The highest BCUT2D eigenvalue weighted by atomic mass is 16.5. The largest absolute Gasteiger partial charge is 0.396 e. The Kier molecular flexibility index (Phi) is 2.82. The van der Waals surface area contributed by atoms with Crippen molar-refractivity contribution < 1.29 is 9.32 Å². The minimum atomic E-state index is -0.306. The number of aromatic nitrogens is 3. The summed E-state index contributed by atoms with van der Waals surface area (Å²) in [5.74, 6) is 0.389. The van der Waals surface area contributed by atoms with Crippen LogP contribution in [0.2, 0.25) is 0 Å². The van der Waals surface area contributed by atoms with Crippen LogP contribution in [0, 0.1) is 13.8 Å². The van der Waals surface area contributed by atoms with Crippen molar-refractivity contribution in [1.82, 2.24) is 20.7 Å². The van der Waals surface area contributed by atoms with E-state index in [2.05, 4.69) is 20.7 Å². The number of hydrogen-bond donors (Lipinski definition) is 3. The molecule has 7 nitrogen and oxygen atoms in total. The third-order valence-electron chi connectivity index (χ3n) is 2.50. The summed E-state index contributed by atoms with van der Waals surface area (Å²) in [6.45, 7) is 3.97. The van der Waals surface area contributed by atoms with E-state index in [1.807, 2.05) is 6.92 Å². The number of rotatable bonds is 3. The van der Waals surface area contributed by atoms with Crippen LogP contribution < -0.4 is 11.1 Å². The Bertz CT molecular complexity index is 523. The van der Waals surface area contributed by atoms with E-state index in [9.17, 15) is 4.79 Å². The summed E-state index contributed by atoms with van der Waals surface area (Å²) < 4.78 is 5.00. The third kappa shape index (κ3) is 2.12. The Balaban J connectivity index is 2.05. The van der Waals surface area contributed by atoms with Gasteiger partial charge in [-0.2, -0.15) is 5.10 Å². The predicted octanol–water partition coefficient (Wildman–Crippen LogP) is 0.527. The molecule has 17 heavy (non-hydrogen) atoms. The summed E-state index contributed by atoms with van der Waals surface area (Å²) in [5, 5.41) is 12.7. The fourth-order valence-electron chi connectivity index (χ4n) is 1.49. The van der Waals surface area contributed by atoms with Crippen LogP contribution in [0.1, 0.15) is 27.5 Å². The number of anilines is 1. The lowest BCUT2D eigenvalue weighted by molar-refractivity contribution is 0.0946. The van der Waals surface area contributed by atoms with E-state index in [-0.39, 0.29) is 11.6 Å². The maximum atomic E-state index is 11.7. The average molecular weight is 235 g/mol. The van der Waals surface area contributed by atoms with Gasteiger partial charge in [-0.1, -0.05) is 5.16 Å². The number of carbonyl (C=O) groups excluding carboxylic acids is 1. The van der Waals surface area contributed by atoms with Gasteiger partial charge in [0.2, 0.25) is 0 Å². The lowest BCUT2D eigenvalue weighted by atomic mass is 10.2. The van der Waals surface area contributed by atoms with Gasteiger partial charge in [0.05, 0.1) is 17.6 Å². The van der Waals surface area contributed by atoms with Gasteiger partial charge in [-0.25, -0.2) is 0 Å². The normalized spacial score (nSPS) is 10.5. The molecule has 0 aliphatic heterocycles. The highest BCUT2D eigenvalue weighted by Gasteiger charge is 2.14. The van der Waals surface area contributed by atoms with Crippen molar-refractivity contribution in [1.29, 1.82) is 0 Å². The van der Waals surface area contributed by atoms with Crippen LogP contribution in [0.25, 0.3) is 0 Å². The fourth-order valence-corrected chi connectivity index (χ4v) is 1.49. The number of carbonyl (C=O) groups is 1. The van der Waals surface area contributed by atoms with Gasteiger partial charge in [0, 0.05) is 12.1 Å². The molecule has 2 rings (SSSR count). The van der Waals surface area contributed by atoms with E-state index >= 15 is 0 Å². The van der Waals surface area contributed by atoms with Crippen LogP contribution >= 0.6 is 0 Å². The quantitative estimate of drug-likeness (QED) is 0.718. The molecule has 0 fully saturated rings. The van der Waals surface area contributed by atoms with Crippen molar-refractivity contribution in [2.45, 2.75) is 20.4 Å². The molecule has 0 spiro atoms. The summed E-state index contributed by atoms with van der Waals surface area (Å²) in [7, 11) is 0. The Labute approximate surface area is 97.4 Å². The van der Waals surface area contributed by atoms with E-state index < -0.39 is 0 Å². The Morgan fingerprint density at radius 3 is 2.88 bits per heavy atom. The summed E-state index contributed by atoms with van der Waals surface area (Å²) in [6, 6.07) is 0. The van der Waals surface area contributed by atoms with Crippen LogP contribution in [0.4, 0.5) is 5.69 Å². The van der Waals surface area contributed by atoms with Gasteiger partial charge in [0.15, 0.2) is 0 Å². The number of aryl methyl sites for hydroxylation is 2. The zero-order chi connectivity index (χ0) is 12.4. The van der Waals surface area contributed by atoms with Crippen LogP contribution in [0.3, 0.4) is 0 Å². The van der Waals surface area contributed by atoms with Crippen molar-refractivity contribution in [3.63, 3.8) is 0 Å². The molecule has 4 N–H and O–H groups in total. The van der Waals surface area contributed by atoms with E-state index in [1.165, 1.54) is 6.20 Å². The van der Waals surface area contributed by atoms with E-state index in [0.717, 1.165) is 11.3 Å². The van der Waals surface area contributed by atoms with Crippen LogP contribution in [-0.4, -0.2) is 21.3 Å². The lowest BCUT2D eigenvalue weighted by Gasteiger charge is -2.03. The van der Waals surface area contributed by atoms with Gasteiger partial charge in [0.1, 0.15) is 11.5 Å². The minimum Gasteiger partial charge on any atom is -0.396 e. The first-order valence-electron chi connectivity index (χ1n) is 5.08. The van der Waals surface area contributed by atoms with Crippen molar-refractivity contribution in [2.24, 2.45) is 0 Å². The fraction of sp³-hybridized carbons (Fsp3) is 0.300. The van der Waals surface area contributed by atoms with E-state index in [1.54, 1.807) is 6.92 Å². The monoisotopic (exact) mass is 235 g/mol. The number of nitrogens with zero attached hydrogens (tertiary/aromatic N) is 2. The first-order valence-corrected chi connectivity index (χ1v) is 5.08. The van der Waals surface area contributed by atoms with Crippen LogP contribution in [0.5, 0.6) is 0 Å². The molecular formula is C10H13N5O2. The van der Waals surface area contributed by atoms with Crippen molar-refractivity contribution in [3.8, 4) is 0 Å². The van der Waals surface area contributed by atoms with Crippen LogP contribution in [-0.2, 0) is 6.54 Å². The molecule has 2 heterocycles. The van der Waals surface area contributed by atoms with Crippen LogP contribution in [0.15, 0.2) is 10.7 Å². The van der Waals surface area contributed by atoms with Gasteiger partial charge in [0.25, 0.3) is 5.91 Å². The molecule has 2 aromatic heterocycles. The molecule has 2 aromatic rings. The number of nitrogen functional groups attached to an aromatic ring is 1. The van der Waals surface area contributed by atoms with Gasteiger partial charge >= 0.3 is 0 Å². The molecule has 0 aliphatic carbocycles. The first-order chi connectivity index (χ1) is 8.09. The molecule has 7 heteroatoms. The second-order valence-electron chi connectivity index (χ2n) is 3.69. The van der Waals surface area contributed by atoms with Crippen molar-refractivity contribution >= 4 is 11.6 Å². The number of hydrogen-bond acceptors (Lipinski definition) is 5. The standard InChI is InChI=1S/C10H13N5O2/c1-5-7(6(2)17-15-5)3-12-10(16)9-8(11)4-13-14-9/h4H,3,11H2,1-2H3,(H,12,16)(H,13,14). The summed E-state index contributed by atoms with van der Waals surface area (Å²) in [6.07, 6.45) is 1.39. The van der Waals surface area contributed by atoms with Gasteiger partial charge in [-0.3, -0.25) is 9.89 Å². The summed E-state index contributed by atoms with van der Waals surface area (Å²) in [5.41, 5.74) is 7.78. The molecule has 0 bridgehead atoms. The first kappa shape index (κ1) is 11.2. The number of H-pyrrole nitrogens is 1. The summed E-state index contributed by atoms with van der Waals surface area (Å²) in [4.78, 5) is 11.7. The van der Waals surface area contributed by atoms with E-state index in [4.69, 9.17) is 10.3 Å². The second kappa shape index (κ2) is 4.28. The average Bonchev–Trinajstić information content (AvgIpc) is 2.84. The molecule has 0 atom stereocenters. The third-order valence-corrected chi connectivity index (χ3v) is 2.50. The Morgan fingerprint density at radius 2 is 2.35 bits per heavy atom. The molecular weight excluding hydrogens is 222 g/mol. The Morgan fingerprint density at radius 1 is 1.59 bits per heavy atom. The number of amides is 1. The molecule has 1 amide bonds. The number of nitrogens with two attached hydrogens (primary N) is 1. The maximum Gasteiger partial charge on any atom is 0.271 e. The topological polar surface area (TPSA) is 110 Å². The maximum absolute atomic E-state index is 11.7. The number of nitrogens with one attached hydrogen (secondary N) is 2. The van der Waals surface area contributed by atoms with Gasteiger partial charge < -0.3 is 15.6 Å². The number of aromatic amines is 1. The van der Waals surface area contributed by atoms with Gasteiger partial charge in [-0.15, -0.1) is 0 Å². The zero-order valence-corrected chi connectivity index (χ0v) is 9.57. The lowest BCUT2D eigenvalue weighted by Crippen LogP contribution is -2.24. The molecule has 90 valence electrons. The summed E-state index contributed by atoms with van der Waals surface area (Å²) >= 11 is 0. The van der Waals surface area contributed by atoms with E-state index in [0.29, 0.717) is 18.0 Å². The molecule has 0 aromatic carbocycles. The van der Waals surface area contributed by atoms with Gasteiger partial charge in [-0.05, 0) is 13.8 Å². The van der Waals surface area contributed by atoms with Crippen molar-refractivity contribution in [3.05, 3.63) is 28.9 Å². The Hall–Kier alpha value is -2.31. The second-order valence-corrected chi connectivity index (χ2v) is 3.69. The highest BCUT2D eigenvalue weighted by Crippen LogP contribution is 2.12. The predicted molar refractivity (Wildman–Crippen MR) is 60.1 cm³/mol. The van der Waals surface area contributed by atoms with Crippen molar-refractivity contribution in [2.75, 3.05) is 5.73 Å². The smallest absolute Gasteiger partial charge is 0.271 e. The highest BCUT2D eigenvalue weighted by molar-refractivity contribution is 5.96. The minimum absolute atomic E-state index is 0.261. The SMILES string of the molecule is Cc1noc(C)c1CNC(=O)c1[nH]ncc1N. The molecule has 0 radical (unpaired) electrons.